The van der Waals surface area contributed by atoms with E-state index in [1.807, 2.05) is 42.5 Å². The van der Waals surface area contributed by atoms with Gasteiger partial charge in [-0.05, 0) is 48.5 Å². The summed E-state index contributed by atoms with van der Waals surface area (Å²) in [4.78, 5) is 12.0. The summed E-state index contributed by atoms with van der Waals surface area (Å²) in [5.41, 5.74) is 2.28. The molecule has 27 heavy (non-hydrogen) atoms. The highest BCUT2D eigenvalue weighted by Crippen LogP contribution is 2.21. The lowest BCUT2D eigenvalue weighted by atomic mass is 10.1. The van der Waals surface area contributed by atoms with E-state index in [0.717, 1.165) is 21.5 Å². The van der Waals surface area contributed by atoms with Gasteiger partial charge in [0.1, 0.15) is 12.4 Å². The predicted octanol–water partition coefficient (Wildman–Crippen LogP) is 3.72. The first-order chi connectivity index (χ1) is 13.2. The van der Waals surface area contributed by atoms with E-state index in [0.29, 0.717) is 24.6 Å². The normalized spacial score (nSPS) is 10.3. The molecular formula is C20H18BrN3O3. The number of methoxy groups -OCH3 is 1. The number of aromatic nitrogens is 2. The second-order valence-corrected chi connectivity index (χ2v) is 6.52. The van der Waals surface area contributed by atoms with Gasteiger partial charge in [-0.1, -0.05) is 22.0 Å². The minimum atomic E-state index is -0.152. The minimum Gasteiger partial charge on any atom is -0.497 e. The van der Waals surface area contributed by atoms with Gasteiger partial charge in [-0.15, -0.1) is 10.2 Å². The lowest BCUT2D eigenvalue weighted by molar-refractivity contribution is 0.0946. The molecule has 0 spiro atoms. The topological polar surface area (TPSA) is 73.3 Å². The Bertz CT molecular complexity index is 899. The number of nitrogens with zero attached hydrogens (tertiary/aromatic N) is 2. The highest BCUT2D eigenvalue weighted by Gasteiger charge is 2.06. The van der Waals surface area contributed by atoms with Crippen molar-refractivity contribution in [2.75, 3.05) is 20.3 Å². The van der Waals surface area contributed by atoms with Gasteiger partial charge < -0.3 is 14.8 Å². The van der Waals surface area contributed by atoms with Crippen LogP contribution in [0.2, 0.25) is 0 Å². The van der Waals surface area contributed by atoms with E-state index in [4.69, 9.17) is 9.47 Å². The van der Waals surface area contributed by atoms with Gasteiger partial charge in [0.05, 0.1) is 19.3 Å². The molecule has 0 aliphatic rings. The Labute approximate surface area is 165 Å². The van der Waals surface area contributed by atoms with Crippen LogP contribution in [0.3, 0.4) is 0 Å². The molecule has 0 fully saturated rings. The fraction of sp³-hybridized carbons (Fsp3) is 0.150. The van der Waals surface area contributed by atoms with Crippen molar-refractivity contribution in [3.05, 3.63) is 70.7 Å². The van der Waals surface area contributed by atoms with Crippen LogP contribution in [0, 0.1) is 0 Å². The van der Waals surface area contributed by atoms with Crippen molar-refractivity contribution in [3.8, 4) is 22.9 Å². The van der Waals surface area contributed by atoms with Gasteiger partial charge in [-0.3, -0.25) is 4.79 Å². The van der Waals surface area contributed by atoms with Crippen molar-refractivity contribution in [3.63, 3.8) is 0 Å². The SMILES string of the molecule is COc1ccc(-c2ccc(OCCNC(=O)c3cccc(Br)c3)nn2)cc1. The third-order valence-electron chi connectivity index (χ3n) is 3.75. The average Bonchev–Trinajstić information content (AvgIpc) is 2.71. The maximum atomic E-state index is 12.0. The summed E-state index contributed by atoms with van der Waals surface area (Å²) in [6.45, 7) is 0.670. The van der Waals surface area contributed by atoms with Crippen LogP contribution in [-0.2, 0) is 0 Å². The third-order valence-corrected chi connectivity index (χ3v) is 4.24. The highest BCUT2D eigenvalue weighted by molar-refractivity contribution is 9.10. The number of halogens is 1. The molecule has 1 N–H and O–H groups in total. The minimum absolute atomic E-state index is 0.152. The van der Waals surface area contributed by atoms with Crippen LogP contribution in [-0.4, -0.2) is 36.4 Å². The Morgan fingerprint density at radius 1 is 1.07 bits per heavy atom. The number of nitrogens with one attached hydrogen (secondary N) is 1. The maximum absolute atomic E-state index is 12.0. The first kappa shape index (κ1) is 18.8. The molecule has 0 atom stereocenters. The number of carbonyl (C=O) groups is 1. The first-order valence-corrected chi connectivity index (χ1v) is 9.10. The second-order valence-electron chi connectivity index (χ2n) is 5.60. The third kappa shape index (κ3) is 5.27. The fourth-order valence-electron chi connectivity index (χ4n) is 2.36. The number of hydrogen-bond donors (Lipinski definition) is 1. The van der Waals surface area contributed by atoms with Crippen LogP contribution in [0.1, 0.15) is 10.4 Å². The van der Waals surface area contributed by atoms with E-state index in [1.165, 1.54) is 0 Å². The Hall–Kier alpha value is -2.93. The van der Waals surface area contributed by atoms with Gasteiger partial charge in [0, 0.05) is 21.7 Å². The van der Waals surface area contributed by atoms with Gasteiger partial charge in [0.15, 0.2) is 0 Å². The van der Waals surface area contributed by atoms with Crippen LogP contribution in [0.4, 0.5) is 0 Å². The van der Waals surface area contributed by atoms with Crippen molar-refractivity contribution < 1.29 is 14.3 Å². The number of hydrogen-bond acceptors (Lipinski definition) is 5. The van der Waals surface area contributed by atoms with Gasteiger partial charge in [-0.2, -0.15) is 0 Å². The molecular weight excluding hydrogens is 410 g/mol. The molecule has 0 radical (unpaired) electrons. The van der Waals surface area contributed by atoms with Crippen LogP contribution in [0.25, 0.3) is 11.3 Å². The Morgan fingerprint density at radius 2 is 1.89 bits per heavy atom. The number of ether oxygens (including phenoxy) is 2. The molecule has 0 saturated heterocycles. The summed E-state index contributed by atoms with van der Waals surface area (Å²) in [7, 11) is 1.63. The Kier molecular flexibility index (Phi) is 6.38. The van der Waals surface area contributed by atoms with Crippen LogP contribution in [0.15, 0.2) is 65.1 Å². The Balaban J connectivity index is 1.48. The van der Waals surface area contributed by atoms with Crippen molar-refractivity contribution in [2.24, 2.45) is 0 Å². The number of carbonyl (C=O) groups excluding carboxylic acids is 1. The molecule has 1 aromatic heterocycles. The largest absolute Gasteiger partial charge is 0.497 e. The molecule has 3 rings (SSSR count). The molecule has 2 aromatic carbocycles. The molecule has 0 bridgehead atoms. The molecule has 3 aromatic rings. The number of rotatable bonds is 7. The molecule has 7 heteroatoms. The van der Waals surface area contributed by atoms with E-state index in [1.54, 1.807) is 25.3 Å². The number of benzene rings is 2. The lowest BCUT2D eigenvalue weighted by Gasteiger charge is -2.08. The molecule has 6 nitrogen and oxygen atoms in total. The average molecular weight is 428 g/mol. The number of amides is 1. The summed E-state index contributed by atoms with van der Waals surface area (Å²) >= 11 is 3.35. The summed E-state index contributed by atoms with van der Waals surface area (Å²) in [6, 6.07) is 18.4. The monoisotopic (exact) mass is 427 g/mol. The zero-order valence-electron chi connectivity index (χ0n) is 14.7. The highest BCUT2D eigenvalue weighted by atomic mass is 79.9. The molecule has 0 unspecified atom stereocenters. The fourth-order valence-corrected chi connectivity index (χ4v) is 2.76. The van der Waals surface area contributed by atoms with Gasteiger partial charge in [-0.25, -0.2) is 0 Å². The van der Waals surface area contributed by atoms with E-state index in [9.17, 15) is 4.79 Å². The smallest absolute Gasteiger partial charge is 0.251 e. The van der Waals surface area contributed by atoms with E-state index in [-0.39, 0.29) is 5.91 Å². The summed E-state index contributed by atoms with van der Waals surface area (Å²) in [5, 5.41) is 11.0. The Morgan fingerprint density at radius 3 is 2.56 bits per heavy atom. The van der Waals surface area contributed by atoms with E-state index >= 15 is 0 Å². The van der Waals surface area contributed by atoms with Crippen LogP contribution < -0.4 is 14.8 Å². The van der Waals surface area contributed by atoms with E-state index in [2.05, 4.69) is 31.4 Å². The van der Waals surface area contributed by atoms with Gasteiger partial charge >= 0.3 is 0 Å². The molecule has 1 amide bonds. The predicted molar refractivity (Wildman–Crippen MR) is 106 cm³/mol. The van der Waals surface area contributed by atoms with Crippen LogP contribution >= 0.6 is 15.9 Å². The summed E-state index contributed by atoms with van der Waals surface area (Å²) < 4.78 is 11.5. The van der Waals surface area contributed by atoms with Gasteiger partial charge in [0.25, 0.3) is 5.91 Å². The molecule has 138 valence electrons. The first-order valence-electron chi connectivity index (χ1n) is 8.30. The molecule has 0 aliphatic heterocycles. The summed E-state index contributed by atoms with van der Waals surface area (Å²) in [5.74, 6) is 1.04. The zero-order chi connectivity index (χ0) is 19.1. The summed E-state index contributed by atoms with van der Waals surface area (Å²) in [6.07, 6.45) is 0. The van der Waals surface area contributed by atoms with Crippen LogP contribution in [0.5, 0.6) is 11.6 Å². The molecule has 1 heterocycles. The lowest BCUT2D eigenvalue weighted by Crippen LogP contribution is -2.28. The zero-order valence-corrected chi connectivity index (χ0v) is 16.3. The quantitative estimate of drug-likeness (QED) is 0.581. The van der Waals surface area contributed by atoms with E-state index < -0.39 is 0 Å². The second kappa shape index (κ2) is 9.14. The van der Waals surface area contributed by atoms with Crippen molar-refractivity contribution in [1.29, 1.82) is 0 Å². The maximum Gasteiger partial charge on any atom is 0.251 e. The molecule has 0 saturated carbocycles. The standard InChI is InChI=1S/C20H18BrN3O3/c1-26-17-7-5-14(6-8-17)18-9-10-19(24-23-18)27-12-11-22-20(25)15-3-2-4-16(21)13-15/h2-10,13H,11-12H2,1H3,(H,22,25). The molecule has 0 aliphatic carbocycles. The van der Waals surface area contributed by atoms with Crippen molar-refractivity contribution >= 4 is 21.8 Å². The van der Waals surface area contributed by atoms with Crippen molar-refractivity contribution in [2.45, 2.75) is 0 Å². The van der Waals surface area contributed by atoms with Gasteiger partial charge in [0.2, 0.25) is 5.88 Å². The van der Waals surface area contributed by atoms with Crippen molar-refractivity contribution in [1.82, 2.24) is 15.5 Å².